The number of fused-ring (bicyclic) bond motifs is 1. The fourth-order valence-electron chi connectivity index (χ4n) is 3.37. The second-order valence-corrected chi connectivity index (χ2v) is 8.24. The molecule has 0 amide bonds. The van der Waals surface area contributed by atoms with E-state index < -0.39 is 39.7 Å². The first kappa shape index (κ1) is 24.9. The molecule has 4 aromatic rings. The van der Waals surface area contributed by atoms with E-state index in [9.17, 15) is 31.1 Å². The first-order valence-electron chi connectivity index (χ1n) is 9.77. The predicted octanol–water partition coefficient (Wildman–Crippen LogP) is 8.38. The van der Waals surface area contributed by atoms with Crippen molar-refractivity contribution in [1.29, 1.82) is 0 Å². The Balaban J connectivity index is 1.96. The van der Waals surface area contributed by atoms with Crippen molar-refractivity contribution < 1.29 is 35.5 Å². The third-order valence-electron chi connectivity index (χ3n) is 5.01. The largest absolute Gasteiger partial charge is 0.488 e. The minimum absolute atomic E-state index is 0.0986. The zero-order valence-electron chi connectivity index (χ0n) is 17.2. The Bertz CT molecular complexity index is 1460. The highest BCUT2D eigenvalue weighted by atomic mass is 35.5. The number of alkyl halides is 6. The minimum atomic E-state index is -5.01. The molecule has 0 aliphatic heterocycles. The quantitative estimate of drug-likeness (QED) is 0.248. The summed E-state index contributed by atoms with van der Waals surface area (Å²) in [5, 5.41) is -0.416. The van der Waals surface area contributed by atoms with E-state index in [0.717, 1.165) is 6.07 Å². The predicted molar refractivity (Wildman–Crippen MR) is 119 cm³/mol. The van der Waals surface area contributed by atoms with E-state index in [1.54, 1.807) is 24.3 Å². The molecule has 0 radical (unpaired) electrons. The van der Waals surface area contributed by atoms with Gasteiger partial charge in [0.15, 0.2) is 5.43 Å². The van der Waals surface area contributed by atoms with Crippen LogP contribution in [0.1, 0.15) is 16.9 Å². The number of ether oxygens (including phenoxy) is 1. The molecule has 1 heterocycles. The van der Waals surface area contributed by atoms with Crippen LogP contribution in [-0.4, -0.2) is 0 Å². The monoisotopic (exact) mass is 532 g/mol. The van der Waals surface area contributed by atoms with Crippen LogP contribution in [0.4, 0.5) is 26.3 Å². The summed E-state index contributed by atoms with van der Waals surface area (Å²) in [4.78, 5) is 12.4. The molecule has 0 fully saturated rings. The van der Waals surface area contributed by atoms with Gasteiger partial charge in [0.1, 0.15) is 17.9 Å². The van der Waals surface area contributed by atoms with E-state index in [4.69, 9.17) is 32.4 Å². The molecule has 0 bridgehead atoms. The second-order valence-electron chi connectivity index (χ2n) is 7.40. The maximum absolute atomic E-state index is 13.5. The van der Waals surface area contributed by atoms with E-state index in [-0.39, 0.29) is 34.9 Å². The molecule has 182 valence electrons. The molecule has 0 unspecified atom stereocenters. The van der Waals surface area contributed by atoms with Gasteiger partial charge in [0.2, 0.25) is 5.76 Å². The van der Waals surface area contributed by atoms with Gasteiger partial charge in [-0.25, -0.2) is 0 Å². The lowest BCUT2D eigenvalue weighted by atomic mass is 9.99. The number of rotatable bonds is 4. The normalized spacial score (nSPS) is 12.2. The summed E-state index contributed by atoms with van der Waals surface area (Å²) in [6.45, 7) is -0.0986. The Morgan fingerprint density at radius 3 is 2.14 bits per heavy atom. The van der Waals surface area contributed by atoms with Crippen LogP contribution in [-0.2, 0) is 19.0 Å². The highest BCUT2D eigenvalue weighted by Gasteiger charge is 2.36. The highest BCUT2D eigenvalue weighted by molar-refractivity contribution is 6.31. The van der Waals surface area contributed by atoms with Crippen molar-refractivity contribution in [3.63, 3.8) is 0 Å². The van der Waals surface area contributed by atoms with Crippen LogP contribution >= 0.6 is 23.2 Å². The molecule has 0 N–H and O–H groups in total. The van der Waals surface area contributed by atoms with Crippen molar-refractivity contribution in [2.45, 2.75) is 19.0 Å². The summed E-state index contributed by atoms with van der Waals surface area (Å²) < 4.78 is 91.4. The molecule has 0 aliphatic carbocycles. The van der Waals surface area contributed by atoms with Gasteiger partial charge in [-0.15, -0.1) is 0 Å². The molecule has 3 aromatic carbocycles. The maximum Gasteiger partial charge on any atom is 0.449 e. The van der Waals surface area contributed by atoms with E-state index in [1.165, 1.54) is 18.2 Å². The molecule has 4 rings (SSSR count). The molecule has 1 aromatic heterocycles. The van der Waals surface area contributed by atoms with Crippen molar-refractivity contribution in [3.05, 3.63) is 97.8 Å². The first-order valence-corrected chi connectivity index (χ1v) is 10.5. The lowest BCUT2D eigenvalue weighted by molar-refractivity contribution is -0.152. The van der Waals surface area contributed by atoms with Gasteiger partial charge in [0.25, 0.3) is 0 Å². The average molecular weight is 533 g/mol. The Kier molecular flexibility index (Phi) is 6.50. The van der Waals surface area contributed by atoms with E-state index >= 15 is 0 Å². The number of halogens is 8. The Morgan fingerprint density at radius 2 is 1.51 bits per heavy atom. The van der Waals surface area contributed by atoms with Gasteiger partial charge in [-0.1, -0.05) is 41.4 Å². The first-order chi connectivity index (χ1) is 16.3. The molecular weight excluding hydrogens is 521 g/mol. The van der Waals surface area contributed by atoms with Crippen molar-refractivity contribution >= 4 is 34.2 Å². The zero-order valence-corrected chi connectivity index (χ0v) is 18.7. The van der Waals surface area contributed by atoms with Crippen LogP contribution in [0.25, 0.3) is 22.1 Å². The molecule has 35 heavy (non-hydrogen) atoms. The number of benzene rings is 3. The van der Waals surface area contributed by atoms with Gasteiger partial charge in [-0.2, -0.15) is 26.3 Å². The van der Waals surface area contributed by atoms with Crippen LogP contribution in [0.5, 0.6) is 5.75 Å². The SMILES string of the molecule is O=c1cc(C(F)(F)F)oc2c(-c3ccc(Cl)c(C(F)(F)F)c3)c(OCc3ccc(Cl)cc3)ccc12. The molecule has 0 saturated carbocycles. The van der Waals surface area contributed by atoms with Crippen molar-refractivity contribution in [1.82, 2.24) is 0 Å². The van der Waals surface area contributed by atoms with Crippen LogP contribution in [0, 0.1) is 0 Å². The van der Waals surface area contributed by atoms with Crippen LogP contribution in [0.2, 0.25) is 10.0 Å². The summed E-state index contributed by atoms with van der Waals surface area (Å²) in [6.07, 6.45) is -9.86. The molecule has 11 heteroatoms. The smallest absolute Gasteiger partial charge is 0.449 e. The minimum Gasteiger partial charge on any atom is -0.488 e. The lowest BCUT2D eigenvalue weighted by Crippen LogP contribution is -2.11. The second kappa shape index (κ2) is 9.13. The summed E-state index contributed by atoms with van der Waals surface area (Å²) in [5.74, 6) is -1.71. The standard InChI is InChI=1S/C24H12Cl2F6O3/c25-14-4-1-12(2-5-14)11-34-19-8-6-15-18(33)10-20(24(30,31)32)35-22(15)21(19)13-3-7-17(26)16(9-13)23(27,28)29/h1-10H,11H2. The fourth-order valence-corrected chi connectivity index (χ4v) is 3.72. The Morgan fingerprint density at radius 1 is 0.829 bits per heavy atom. The van der Waals surface area contributed by atoms with Gasteiger partial charge >= 0.3 is 12.4 Å². The van der Waals surface area contributed by atoms with E-state index in [1.807, 2.05) is 0 Å². The molecule has 0 spiro atoms. The lowest BCUT2D eigenvalue weighted by Gasteiger charge is -2.17. The third-order valence-corrected chi connectivity index (χ3v) is 5.59. The molecular formula is C24H12Cl2F6O3. The van der Waals surface area contributed by atoms with Gasteiger partial charge in [0, 0.05) is 11.1 Å². The maximum atomic E-state index is 13.5. The zero-order chi connectivity index (χ0) is 25.5. The van der Waals surface area contributed by atoms with Gasteiger partial charge in [0.05, 0.1) is 21.5 Å². The fraction of sp³-hybridized carbons (Fsp3) is 0.125. The van der Waals surface area contributed by atoms with Crippen LogP contribution in [0.3, 0.4) is 0 Å². The summed E-state index contributed by atoms with van der Waals surface area (Å²) in [5.41, 5.74) is -2.66. The summed E-state index contributed by atoms with van der Waals surface area (Å²) in [6, 6.07) is 12.0. The van der Waals surface area contributed by atoms with Crippen molar-refractivity contribution in [2.24, 2.45) is 0 Å². The van der Waals surface area contributed by atoms with Gasteiger partial charge < -0.3 is 9.15 Å². The summed E-state index contributed by atoms with van der Waals surface area (Å²) in [7, 11) is 0. The molecule has 0 saturated heterocycles. The van der Waals surface area contributed by atoms with Gasteiger partial charge in [-0.3, -0.25) is 4.79 Å². The topological polar surface area (TPSA) is 39.4 Å². The highest BCUT2D eigenvalue weighted by Crippen LogP contribution is 2.43. The van der Waals surface area contributed by atoms with Crippen LogP contribution < -0.4 is 10.2 Å². The average Bonchev–Trinajstić information content (AvgIpc) is 2.77. The van der Waals surface area contributed by atoms with Crippen LogP contribution in [0.15, 0.2) is 69.9 Å². The van der Waals surface area contributed by atoms with Crippen molar-refractivity contribution in [2.75, 3.05) is 0 Å². The van der Waals surface area contributed by atoms with Crippen molar-refractivity contribution in [3.8, 4) is 16.9 Å². The Labute approximate surface area is 203 Å². The van der Waals surface area contributed by atoms with E-state index in [0.29, 0.717) is 16.7 Å². The number of hydrogen-bond donors (Lipinski definition) is 0. The molecule has 0 atom stereocenters. The summed E-state index contributed by atoms with van der Waals surface area (Å²) >= 11 is 11.6. The molecule has 0 aliphatic rings. The Hall–Kier alpha value is -3.17. The number of hydrogen-bond acceptors (Lipinski definition) is 3. The van der Waals surface area contributed by atoms with E-state index in [2.05, 4.69) is 0 Å². The third kappa shape index (κ3) is 5.26. The van der Waals surface area contributed by atoms with Gasteiger partial charge in [-0.05, 0) is 47.5 Å². The molecule has 3 nitrogen and oxygen atoms in total.